The van der Waals surface area contributed by atoms with Crippen LogP contribution in [0, 0.1) is 6.92 Å². The summed E-state index contributed by atoms with van der Waals surface area (Å²) in [6.45, 7) is 3.17. The van der Waals surface area contributed by atoms with Crippen molar-refractivity contribution < 1.29 is 9.21 Å². The molecule has 0 atom stereocenters. The molecule has 0 saturated carbocycles. The quantitative estimate of drug-likeness (QED) is 0.594. The first-order chi connectivity index (χ1) is 12.7. The fourth-order valence-electron chi connectivity index (χ4n) is 3.00. The van der Waals surface area contributed by atoms with Crippen molar-refractivity contribution in [3.8, 4) is 11.4 Å². The Balaban J connectivity index is 1.61. The van der Waals surface area contributed by atoms with Gasteiger partial charge in [0, 0.05) is 18.7 Å². The molecule has 0 saturated heterocycles. The smallest absolute Gasteiger partial charge is 0.287 e. The van der Waals surface area contributed by atoms with Crippen molar-refractivity contribution in [1.82, 2.24) is 14.9 Å². The molecule has 0 fully saturated rings. The Morgan fingerprint density at radius 2 is 1.88 bits per heavy atom. The van der Waals surface area contributed by atoms with Crippen molar-refractivity contribution in [2.24, 2.45) is 0 Å². The van der Waals surface area contributed by atoms with Gasteiger partial charge in [0.15, 0.2) is 5.76 Å². The average molecular weight is 345 g/mol. The van der Waals surface area contributed by atoms with Gasteiger partial charge in [-0.1, -0.05) is 42.0 Å². The first-order valence-electron chi connectivity index (χ1n) is 8.56. The molecule has 0 aliphatic heterocycles. The molecule has 130 valence electrons. The minimum atomic E-state index is -0.212. The first-order valence-corrected chi connectivity index (χ1v) is 8.56. The Morgan fingerprint density at radius 3 is 2.65 bits per heavy atom. The summed E-state index contributed by atoms with van der Waals surface area (Å²) in [6.07, 6.45) is 1.49. The highest BCUT2D eigenvalue weighted by molar-refractivity contribution is 5.91. The van der Waals surface area contributed by atoms with Crippen molar-refractivity contribution in [2.75, 3.05) is 6.54 Å². The van der Waals surface area contributed by atoms with Gasteiger partial charge in [-0.25, -0.2) is 4.98 Å². The summed E-state index contributed by atoms with van der Waals surface area (Å²) in [7, 11) is 0. The molecule has 2 aromatic heterocycles. The molecule has 1 amide bonds. The van der Waals surface area contributed by atoms with E-state index in [9.17, 15) is 4.79 Å². The van der Waals surface area contributed by atoms with Crippen LogP contribution in [0.5, 0.6) is 0 Å². The lowest BCUT2D eigenvalue weighted by atomic mass is 10.1. The minimum absolute atomic E-state index is 0.212. The number of hydrogen-bond donors (Lipinski definition) is 1. The van der Waals surface area contributed by atoms with Crippen LogP contribution in [0.15, 0.2) is 71.3 Å². The third kappa shape index (κ3) is 3.11. The number of benzene rings is 2. The summed E-state index contributed by atoms with van der Waals surface area (Å²) in [5.74, 6) is 1.01. The molecule has 2 heterocycles. The van der Waals surface area contributed by atoms with E-state index < -0.39 is 0 Å². The highest BCUT2D eigenvalue weighted by Crippen LogP contribution is 2.25. The number of carbonyl (C=O) groups excluding carboxylic acids is 1. The number of nitrogens with one attached hydrogen (secondary N) is 1. The van der Waals surface area contributed by atoms with Crippen molar-refractivity contribution in [3.05, 3.63) is 78.3 Å². The van der Waals surface area contributed by atoms with Crippen LogP contribution in [0.4, 0.5) is 0 Å². The largest absolute Gasteiger partial charge is 0.459 e. The molecular formula is C21H19N3O2. The van der Waals surface area contributed by atoms with Crippen LogP contribution in [0.2, 0.25) is 0 Å². The zero-order valence-electron chi connectivity index (χ0n) is 14.5. The molecule has 0 bridgehead atoms. The molecule has 0 spiro atoms. The van der Waals surface area contributed by atoms with Crippen LogP contribution in [0.3, 0.4) is 0 Å². The minimum Gasteiger partial charge on any atom is -0.459 e. The van der Waals surface area contributed by atoms with E-state index in [0.29, 0.717) is 18.8 Å². The normalized spacial score (nSPS) is 11.0. The van der Waals surface area contributed by atoms with E-state index >= 15 is 0 Å². The molecule has 5 heteroatoms. The predicted octanol–water partition coefficient (Wildman–Crippen LogP) is 4.03. The third-order valence-electron chi connectivity index (χ3n) is 4.33. The molecule has 1 N–H and O–H groups in total. The van der Waals surface area contributed by atoms with E-state index in [2.05, 4.69) is 41.1 Å². The van der Waals surface area contributed by atoms with Gasteiger partial charge in [0.05, 0.1) is 17.3 Å². The second-order valence-corrected chi connectivity index (χ2v) is 6.17. The number of fused-ring (bicyclic) bond motifs is 1. The number of carbonyl (C=O) groups is 1. The molecule has 5 nitrogen and oxygen atoms in total. The lowest BCUT2D eigenvalue weighted by Crippen LogP contribution is -2.27. The van der Waals surface area contributed by atoms with Crippen LogP contribution < -0.4 is 5.32 Å². The lowest BCUT2D eigenvalue weighted by molar-refractivity contribution is 0.0924. The van der Waals surface area contributed by atoms with Crippen LogP contribution >= 0.6 is 0 Å². The topological polar surface area (TPSA) is 60.1 Å². The lowest BCUT2D eigenvalue weighted by Gasteiger charge is -2.10. The summed E-state index contributed by atoms with van der Waals surface area (Å²) in [6, 6.07) is 19.7. The van der Waals surface area contributed by atoms with Crippen molar-refractivity contribution in [3.63, 3.8) is 0 Å². The number of aromatic nitrogens is 2. The third-order valence-corrected chi connectivity index (χ3v) is 4.33. The van der Waals surface area contributed by atoms with E-state index in [1.54, 1.807) is 12.1 Å². The Labute approximate surface area is 151 Å². The molecule has 0 aliphatic rings. The van der Waals surface area contributed by atoms with Crippen LogP contribution in [-0.4, -0.2) is 22.0 Å². The van der Waals surface area contributed by atoms with E-state index in [1.165, 1.54) is 11.8 Å². The second kappa shape index (κ2) is 6.88. The average Bonchev–Trinajstić information content (AvgIpc) is 3.31. The molecule has 0 unspecified atom stereocenters. The SMILES string of the molecule is Cc1ccc(-c2nc3ccccc3n2CCNC(=O)c2ccco2)cc1. The first kappa shape index (κ1) is 16.1. The summed E-state index contributed by atoms with van der Waals surface area (Å²) < 4.78 is 7.27. The fourth-order valence-corrected chi connectivity index (χ4v) is 3.00. The van der Waals surface area contributed by atoms with Gasteiger partial charge < -0.3 is 14.3 Å². The summed E-state index contributed by atoms with van der Waals surface area (Å²) >= 11 is 0. The molecule has 4 rings (SSSR count). The van der Waals surface area contributed by atoms with Gasteiger partial charge in [0.1, 0.15) is 5.82 Å². The number of hydrogen-bond acceptors (Lipinski definition) is 3. The maximum Gasteiger partial charge on any atom is 0.287 e. The van der Waals surface area contributed by atoms with Gasteiger partial charge in [0.25, 0.3) is 5.91 Å². The number of para-hydroxylation sites is 2. The molecule has 0 radical (unpaired) electrons. The Bertz CT molecular complexity index is 1030. The van der Waals surface area contributed by atoms with E-state index in [-0.39, 0.29) is 5.91 Å². The van der Waals surface area contributed by atoms with Crippen LogP contribution in [0.25, 0.3) is 22.4 Å². The van der Waals surface area contributed by atoms with E-state index in [4.69, 9.17) is 9.40 Å². The molecule has 0 aliphatic carbocycles. The van der Waals surface area contributed by atoms with E-state index in [0.717, 1.165) is 22.4 Å². The summed E-state index contributed by atoms with van der Waals surface area (Å²) in [4.78, 5) is 16.9. The highest BCUT2D eigenvalue weighted by atomic mass is 16.3. The molecular weight excluding hydrogens is 326 g/mol. The Morgan fingerprint density at radius 1 is 1.08 bits per heavy atom. The van der Waals surface area contributed by atoms with Crippen LogP contribution in [-0.2, 0) is 6.54 Å². The number of imidazole rings is 1. The Hall–Kier alpha value is -3.34. The molecule has 26 heavy (non-hydrogen) atoms. The van der Waals surface area contributed by atoms with Crippen LogP contribution in [0.1, 0.15) is 16.1 Å². The molecule has 4 aromatic rings. The Kier molecular flexibility index (Phi) is 4.27. The van der Waals surface area contributed by atoms with Crippen molar-refractivity contribution in [1.29, 1.82) is 0 Å². The van der Waals surface area contributed by atoms with Gasteiger partial charge in [-0.2, -0.15) is 0 Å². The number of nitrogens with zero attached hydrogens (tertiary/aromatic N) is 2. The fraction of sp³-hybridized carbons (Fsp3) is 0.143. The van der Waals surface area contributed by atoms with Gasteiger partial charge >= 0.3 is 0 Å². The number of furan rings is 1. The predicted molar refractivity (Wildman–Crippen MR) is 101 cm³/mol. The van der Waals surface area contributed by atoms with Gasteiger partial charge in [-0.3, -0.25) is 4.79 Å². The van der Waals surface area contributed by atoms with Gasteiger partial charge in [-0.15, -0.1) is 0 Å². The van der Waals surface area contributed by atoms with E-state index in [1.807, 2.05) is 24.3 Å². The zero-order chi connectivity index (χ0) is 17.9. The standard InChI is InChI=1S/C21H19N3O2/c1-15-8-10-16(11-9-15)20-23-17-5-2-3-6-18(17)24(20)13-12-22-21(25)19-7-4-14-26-19/h2-11,14H,12-13H2,1H3,(H,22,25). The highest BCUT2D eigenvalue weighted by Gasteiger charge is 2.13. The second-order valence-electron chi connectivity index (χ2n) is 6.17. The van der Waals surface area contributed by atoms with Gasteiger partial charge in [0.2, 0.25) is 0 Å². The van der Waals surface area contributed by atoms with Crippen molar-refractivity contribution >= 4 is 16.9 Å². The zero-order valence-corrected chi connectivity index (χ0v) is 14.5. The summed E-state index contributed by atoms with van der Waals surface area (Å²) in [5, 5.41) is 2.89. The van der Waals surface area contributed by atoms with Crippen molar-refractivity contribution in [2.45, 2.75) is 13.5 Å². The van der Waals surface area contributed by atoms with Gasteiger partial charge in [-0.05, 0) is 31.2 Å². The monoisotopic (exact) mass is 345 g/mol. The number of aryl methyl sites for hydroxylation is 1. The molecule has 2 aromatic carbocycles. The number of rotatable bonds is 5. The maximum absolute atomic E-state index is 12.1. The number of amides is 1. The summed E-state index contributed by atoms with van der Waals surface area (Å²) in [5.41, 5.74) is 4.27. The maximum atomic E-state index is 12.1.